The van der Waals surface area contributed by atoms with Crippen LogP contribution in [0, 0.1) is 0 Å². The maximum Gasteiger partial charge on any atom is 0.412 e. The topological polar surface area (TPSA) is 116 Å². The molecule has 0 saturated carbocycles. The lowest BCUT2D eigenvalue weighted by Gasteiger charge is -2.38. The summed E-state index contributed by atoms with van der Waals surface area (Å²) in [5.41, 5.74) is 1.68. The highest BCUT2D eigenvalue weighted by atomic mass is 32.2. The van der Waals surface area contributed by atoms with E-state index < -0.39 is 29.0 Å². The van der Waals surface area contributed by atoms with E-state index in [0.29, 0.717) is 6.42 Å². The van der Waals surface area contributed by atoms with Crippen LogP contribution in [0.3, 0.4) is 0 Å². The van der Waals surface area contributed by atoms with Gasteiger partial charge in [0.15, 0.2) is 11.9 Å². The first-order chi connectivity index (χ1) is 17.9. The summed E-state index contributed by atoms with van der Waals surface area (Å²) in [7, 11) is 0. The number of nitrogens with zero attached hydrogens (tertiary/aromatic N) is 4. The quantitative estimate of drug-likeness (QED) is 0.353. The number of nitrogens with one attached hydrogen (secondary N) is 1. The minimum Gasteiger partial charge on any atom is -0.451 e. The van der Waals surface area contributed by atoms with E-state index in [1.165, 1.54) is 0 Å². The summed E-state index contributed by atoms with van der Waals surface area (Å²) in [6.07, 6.45) is 0.697. The number of hydrogen-bond acceptors (Lipinski definition) is 8. The molecule has 1 aromatic heterocycles. The highest BCUT2D eigenvalue weighted by Crippen LogP contribution is 2.52. The fourth-order valence-electron chi connectivity index (χ4n) is 4.76. The summed E-state index contributed by atoms with van der Waals surface area (Å²) < 4.78 is 11.9. The van der Waals surface area contributed by atoms with Crippen LogP contribution in [0.2, 0.25) is 0 Å². The number of hydrogen-bond donors (Lipinski definition) is 1. The Labute approximate surface area is 218 Å². The molecule has 2 fully saturated rings. The zero-order valence-corrected chi connectivity index (χ0v) is 21.3. The lowest BCUT2D eigenvalue weighted by molar-refractivity contribution is -0.164. The van der Waals surface area contributed by atoms with Crippen molar-refractivity contribution in [2.75, 3.05) is 11.9 Å². The normalized spacial score (nSPS) is 22.4. The molecule has 0 bridgehead atoms. The second-order valence-corrected chi connectivity index (χ2v) is 10.8. The monoisotopic (exact) mass is 521 g/mol. The van der Waals surface area contributed by atoms with Gasteiger partial charge in [-0.05, 0) is 25.0 Å². The summed E-state index contributed by atoms with van der Waals surface area (Å²) in [6.45, 7) is 4.14. The van der Waals surface area contributed by atoms with Gasteiger partial charge in [0.1, 0.15) is 6.04 Å². The number of anilines is 1. The molecular weight excluding hydrogens is 494 g/mol. The summed E-state index contributed by atoms with van der Waals surface area (Å²) >= 11 is 1.55. The van der Waals surface area contributed by atoms with Crippen molar-refractivity contribution < 1.29 is 23.9 Å². The molecule has 11 heteroatoms. The van der Waals surface area contributed by atoms with Gasteiger partial charge in [0.2, 0.25) is 5.91 Å². The minimum atomic E-state index is -0.815. The number of rotatable bonds is 8. The standard InChI is InChI=1S/C26H27N5O5S/c1-3-35-25(34)27-19-15-30(29-28-19)16-26(2)23(31-20(32)14-21(31)37-26)24(33)36-22(17-10-6-4-7-11-17)18-12-8-5-9-13-18/h4-13,15,21-23H,3,14,16H2,1-2H3,(H,27,34)/t21-,23+,26+/m1/s1. The van der Waals surface area contributed by atoms with Crippen LogP contribution < -0.4 is 5.32 Å². The van der Waals surface area contributed by atoms with Crippen LogP contribution in [0.4, 0.5) is 10.6 Å². The van der Waals surface area contributed by atoms with Gasteiger partial charge in [-0.1, -0.05) is 65.9 Å². The summed E-state index contributed by atoms with van der Waals surface area (Å²) in [6, 6.07) is 18.3. The van der Waals surface area contributed by atoms with Crippen molar-refractivity contribution in [2.45, 2.75) is 49.1 Å². The van der Waals surface area contributed by atoms with Crippen molar-refractivity contribution in [2.24, 2.45) is 0 Å². The Kier molecular flexibility index (Phi) is 6.88. The minimum absolute atomic E-state index is 0.0811. The van der Waals surface area contributed by atoms with Crippen LogP contribution in [0.1, 0.15) is 37.5 Å². The van der Waals surface area contributed by atoms with E-state index in [1.54, 1.807) is 34.5 Å². The van der Waals surface area contributed by atoms with Gasteiger partial charge in [0.25, 0.3) is 0 Å². The highest BCUT2D eigenvalue weighted by molar-refractivity contribution is 8.01. The first-order valence-electron chi connectivity index (χ1n) is 12.0. The van der Waals surface area contributed by atoms with Gasteiger partial charge in [0, 0.05) is 0 Å². The largest absolute Gasteiger partial charge is 0.451 e. The van der Waals surface area contributed by atoms with Crippen LogP contribution in [-0.4, -0.2) is 60.6 Å². The first kappa shape index (κ1) is 24.8. The van der Waals surface area contributed by atoms with Gasteiger partial charge >= 0.3 is 12.1 Å². The molecule has 5 rings (SSSR count). The molecule has 10 nitrogen and oxygen atoms in total. The Hall–Kier alpha value is -3.86. The number of aromatic nitrogens is 3. The average Bonchev–Trinajstić information content (AvgIpc) is 3.41. The second kappa shape index (κ2) is 10.3. The zero-order chi connectivity index (χ0) is 26.0. The fraction of sp³-hybridized carbons (Fsp3) is 0.346. The maximum absolute atomic E-state index is 13.8. The molecule has 0 radical (unpaired) electrons. The van der Waals surface area contributed by atoms with Crippen molar-refractivity contribution in [1.29, 1.82) is 0 Å². The van der Waals surface area contributed by atoms with E-state index in [9.17, 15) is 14.4 Å². The van der Waals surface area contributed by atoms with E-state index >= 15 is 0 Å². The third kappa shape index (κ3) is 5.04. The van der Waals surface area contributed by atoms with Crippen molar-refractivity contribution >= 4 is 35.5 Å². The highest BCUT2D eigenvalue weighted by Gasteiger charge is 2.61. The molecule has 1 N–H and O–H groups in total. The molecular formula is C26H27N5O5S. The van der Waals surface area contributed by atoms with Crippen LogP contribution in [0.5, 0.6) is 0 Å². The molecule has 3 aromatic rings. The molecule has 0 unspecified atom stereocenters. The van der Waals surface area contributed by atoms with Crippen LogP contribution >= 0.6 is 11.8 Å². The molecule has 37 heavy (non-hydrogen) atoms. The molecule has 2 saturated heterocycles. The third-order valence-corrected chi connectivity index (χ3v) is 7.95. The van der Waals surface area contributed by atoms with Gasteiger partial charge in [-0.25, -0.2) is 14.3 Å². The number of carbonyl (C=O) groups excluding carboxylic acids is 3. The number of β-lactam (4-membered cyclic amide) rings is 1. The fourth-order valence-corrected chi connectivity index (χ4v) is 6.50. The van der Waals surface area contributed by atoms with Crippen molar-refractivity contribution in [3.63, 3.8) is 0 Å². The smallest absolute Gasteiger partial charge is 0.412 e. The van der Waals surface area contributed by atoms with Crippen LogP contribution in [0.15, 0.2) is 66.9 Å². The number of thioether (sulfide) groups is 1. The first-order valence-corrected chi connectivity index (χ1v) is 12.9. The predicted molar refractivity (Wildman–Crippen MR) is 137 cm³/mol. The van der Waals surface area contributed by atoms with Gasteiger partial charge in [0.05, 0.1) is 35.9 Å². The molecule has 3 atom stereocenters. The molecule has 2 aromatic carbocycles. The van der Waals surface area contributed by atoms with Crippen molar-refractivity contribution in [1.82, 2.24) is 19.9 Å². The summed E-state index contributed by atoms with van der Waals surface area (Å²) in [5.74, 6) is -0.326. The Balaban J connectivity index is 1.39. The maximum atomic E-state index is 13.8. The molecule has 2 aliphatic heterocycles. The van der Waals surface area contributed by atoms with Gasteiger partial charge in [-0.2, -0.15) is 0 Å². The number of fused-ring (bicyclic) bond motifs is 1. The number of carbonyl (C=O) groups is 3. The summed E-state index contributed by atoms with van der Waals surface area (Å²) in [5, 5.41) is 10.5. The molecule has 0 aliphatic carbocycles. The summed E-state index contributed by atoms with van der Waals surface area (Å²) in [4.78, 5) is 39.7. The van der Waals surface area contributed by atoms with Crippen molar-refractivity contribution in [3.05, 3.63) is 78.0 Å². The molecule has 2 aliphatic rings. The Morgan fingerprint density at radius 1 is 1.14 bits per heavy atom. The Bertz CT molecular complexity index is 1250. The lowest BCUT2D eigenvalue weighted by atomic mass is 9.95. The van der Waals surface area contributed by atoms with E-state index in [0.717, 1.165) is 11.1 Å². The Morgan fingerprint density at radius 2 is 1.78 bits per heavy atom. The number of benzene rings is 2. The lowest BCUT2D eigenvalue weighted by Crippen LogP contribution is -2.58. The molecule has 192 valence electrons. The average molecular weight is 522 g/mol. The van der Waals surface area contributed by atoms with Crippen LogP contribution in [-0.2, 0) is 25.6 Å². The van der Waals surface area contributed by atoms with E-state index in [4.69, 9.17) is 9.47 Å². The van der Waals surface area contributed by atoms with Gasteiger partial charge in [-0.3, -0.25) is 10.1 Å². The Morgan fingerprint density at radius 3 is 2.38 bits per heavy atom. The number of esters is 1. The van der Waals surface area contributed by atoms with E-state index in [2.05, 4.69) is 15.6 Å². The molecule has 3 heterocycles. The second-order valence-electron chi connectivity index (χ2n) is 9.08. The SMILES string of the molecule is CCOC(=O)Nc1cn(C[C@]2(C)S[C@@H]3CC(=O)N3[C@H]2C(=O)OC(c2ccccc2)c2ccccc2)nn1. The third-order valence-electron chi connectivity index (χ3n) is 6.39. The van der Waals surface area contributed by atoms with Crippen molar-refractivity contribution in [3.8, 4) is 0 Å². The molecule has 2 amide bonds. The molecule has 0 spiro atoms. The zero-order valence-electron chi connectivity index (χ0n) is 20.4. The van der Waals surface area contributed by atoms with Crippen LogP contribution in [0.25, 0.3) is 0 Å². The van der Waals surface area contributed by atoms with E-state index in [-0.39, 0.29) is 30.3 Å². The van der Waals surface area contributed by atoms with Gasteiger partial charge in [-0.15, -0.1) is 16.9 Å². The van der Waals surface area contributed by atoms with Gasteiger partial charge < -0.3 is 14.4 Å². The van der Waals surface area contributed by atoms with E-state index in [1.807, 2.05) is 67.6 Å². The number of ether oxygens (including phenoxy) is 2. The number of amides is 2. The predicted octanol–water partition coefficient (Wildman–Crippen LogP) is 3.61.